The largest absolute Gasteiger partial charge is 0.508 e. The summed E-state index contributed by atoms with van der Waals surface area (Å²) in [4.78, 5) is 2.54. The molecule has 1 N–H and O–H groups in total. The molecule has 0 amide bonds. The summed E-state index contributed by atoms with van der Waals surface area (Å²) in [5.41, 5.74) is 7.02. The lowest BCUT2D eigenvalue weighted by atomic mass is 9.58. The molecule has 6 rings (SSSR count). The van der Waals surface area contributed by atoms with Crippen LogP contribution in [0.15, 0.2) is 84.5 Å². The van der Waals surface area contributed by atoms with Gasteiger partial charge in [0.1, 0.15) is 11.5 Å². The molecule has 3 nitrogen and oxygen atoms in total. The van der Waals surface area contributed by atoms with Crippen LogP contribution in [0.5, 0.6) is 11.5 Å². The number of aromatic hydroxyl groups is 1. The fourth-order valence-corrected chi connectivity index (χ4v) is 6.71. The molecule has 0 aromatic heterocycles. The van der Waals surface area contributed by atoms with E-state index in [1.54, 1.807) is 7.11 Å². The van der Waals surface area contributed by atoms with Crippen molar-refractivity contribution in [3.8, 4) is 11.5 Å². The van der Waals surface area contributed by atoms with Crippen molar-refractivity contribution < 1.29 is 9.84 Å². The van der Waals surface area contributed by atoms with Crippen LogP contribution in [-0.4, -0.2) is 25.3 Å². The van der Waals surface area contributed by atoms with Gasteiger partial charge in [0.2, 0.25) is 0 Å². The fourth-order valence-electron chi connectivity index (χ4n) is 6.71. The first-order chi connectivity index (χ1) is 19.0. The van der Waals surface area contributed by atoms with Gasteiger partial charge in [0, 0.05) is 36.2 Å². The van der Waals surface area contributed by atoms with Crippen LogP contribution >= 0.6 is 0 Å². The van der Waals surface area contributed by atoms with E-state index in [9.17, 15) is 5.11 Å². The van der Waals surface area contributed by atoms with Crippen molar-refractivity contribution >= 4 is 17.8 Å². The molecule has 1 saturated carbocycles. The quantitative estimate of drug-likeness (QED) is 0.410. The number of ether oxygens (including phenoxy) is 1. The number of rotatable bonds is 6. The van der Waals surface area contributed by atoms with Gasteiger partial charge in [-0.1, -0.05) is 68.5 Å². The third kappa shape index (κ3) is 4.69. The number of phenols is 1. The van der Waals surface area contributed by atoms with E-state index in [4.69, 9.17) is 4.74 Å². The number of methoxy groups -OCH3 is 1. The van der Waals surface area contributed by atoms with Crippen LogP contribution in [0.3, 0.4) is 0 Å². The van der Waals surface area contributed by atoms with E-state index in [1.165, 1.54) is 36.1 Å². The number of piperidine rings is 1. The molecule has 0 bridgehead atoms. The first-order valence-electron chi connectivity index (χ1n) is 14.4. The van der Waals surface area contributed by atoms with Gasteiger partial charge in [-0.25, -0.2) is 0 Å². The summed E-state index contributed by atoms with van der Waals surface area (Å²) in [6.07, 6.45) is 13.3. The molecule has 39 heavy (non-hydrogen) atoms. The molecular formula is C36H39NO2. The first kappa shape index (κ1) is 25.6. The van der Waals surface area contributed by atoms with E-state index < -0.39 is 0 Å². The van der Waals surface area contributed by atoms with E-state index in [1.807, 2.05) is 30.3 Å². The molecule has 0 spiro atoms. The van der Waals surface area contributed by atoms with Crippen molar-refractivity contribution in [3.63, 3.8) is 0 Å². The van der Waals surface area contributed by atoms with Crippen molar-refractivity contribution in [1.82, 2.24) is 0 Å². The highest BCUT2D eigenvalue weighted by Crippen LogP contribution is 2.52. The smallest absolute Gasteiger partial charge is 0.122 e. The zero-order valence-corrected chi connectivity index (χ0v) is 23.2. The highest BCUT2D eigenvalue weighted by atomic mass is 16.5. The Bertz CT molecular complexity index is 1530. The summed E-state index contributed by atoms with van der Waals surface area (Å²) < 4.78 is 5.60. The first-order valence-corrected chi connectivity index (χ1v) is 14.4. The Morgan fingerprint density at radius 3 is 2.41 bits per heavy atom. The van der Waals surface area contributed by atoms with Crippen LogP contribution in [0.25, 0.3) is 12.2 Å². The molecule has 1 saturated heterocycles. The monoisotopic (exact) mass is 517 g/mol. The second kappa shape index (κ2) is 10.4. The number of nitrogens with zero attached hydrogens (tertiary/aromatic N) is 1. The molecule has 3 aromatic rings. The van der Waals surface area contributed by atoms with Crippen LogP contribution < -0.4 is 20.1 Å². The number of hydrogen-bond acceptors (Lipinski definition) is 3. The second-order valence-corrected chi connectivity index (χ2v) is 11.6. The number of anilines is 1. The summed E-state index contributed by atoms with van der Waals surface area (Å²) in [6, 6.07) is 21.2. The number of hydrogen-bond donors (Lipinski definition) is 1. The van der Waals surface area contributed by atoms with Gasteiger partial charge in [-0.05, 0) is 94.7 Å². The number of para-hydroxylation sites is 1. The lowest BCUT2D eigenvalue weighted by Gasteiger charge is -2.45. The molecule has 1 aliphatic heterocycles. The Kier molecular flexibility index (Phi) is 6.85. The van der Waals surface area contributed by atoms with Gasteiger partial charge in [-0.3, -0.25) is 0 Å². The van der Waals surface area contributed by atoms with Crippen molar-refractivity contribution in [1.29, 1.82) is 0 Å². The van der Waals surface area contributed by atoms with Gasteiger partial charge in [-0.2, -0.15) is 0 Å². The topological polar surface area (TPSA) is 32.7 Å². The molecule has 0 unspecified atom stereocenters. The summed E-state index contributed by atoms with van der Waals surface area (Å²) in [7, 11) is 1.69. The zero-order valence-electron chi connectivity index (χ0n) is 23.2. The maximum Gasteiger partial charge on any atom is 0.122 e. The summed E-state index contributed by atoms with van der Waals surface area (Å²) in [6.45, 7) is 9.25. The third-order valence-corrected chi connectivity index (χ3v) is 9.31. The molecule has 0 radical (unpaired) electrons. The fraction of sp³-hybridized carbons (Fsp3) is 0.333. The average molecular weight is 518 g/mol. The molecule has 3 aromatic carbocycles. The molecule has 2 aliphatic carbocycles. The standard InChI is InChI=1S/C36H39NO2/c1-25-17-21-37(22-18-25)30-13-11-29(12-14-30)36(19-6-20-36)33-15-9-27-10-16-34(38)32(31(27)23-26(33)2)24-28-7-4-5-8-35(28)39-3/h4-5,7-16,23,25,38H,2,6,17-22,24H2,1,3H3. The van der Waals surface area contributed by atoms with Crippen molar-refractivity contribution in [2.24, 2.45) is 5.92 Å². The SMILES string of the molecule is C=C1C=c2c(Cc3ccccc3OC)c(O)ccc2=CC=C1C1(c2ccc(N3CCC(C)CC3)cc2)CCC1. The van der Waals surface area contributed by atoms with Crippen LogP contribution in [0.2, 0.25) is 0 Å². The highest BCUT2D eigenvalue weighted by Gasteiger charge is 2.42. The summed E-state index contributed by atoms with van der Waals surface area (Å²) >= 11 is 0. The second-order valence-electron chi connectivity index (χ2n) is 11.6. The molecule has 3 heteroatoms. The molecule has 200 valence electrons. The Hall–Kier alpha value is -3.72. The summed E-state index contributed by atoms with van der Waals surface area (Å²) in [5, 5.41) is 13.1. The Balaban J connectivity index is 1.34. The molecule has 1 heterocycles. The minimum absolute atomic E-state index is 0.00801. The average Bonchev–Trinajstić information content (AvgIpc) is 3.10. The van der Waals surface area contributed by atoms with Crippen molar-refractivity contribution in [2.45, 2.75) is 50.9 Å². The van der Waals surface area contributed by atoms with E-state index in [0.717, 1.165) is 64.7 Å². The van der Waals surface area contributed by atoms with E-state index in [0.29, 0.717) is 12.2 Å². The van der Waals surface area contributed by atoms with Crippen LogP contribution in [-0.2, 0) is 11.8 Å². The Morgan fingerprint density at radius 2 is 1.72 bits per heavy atom. The van der Waals surface area contributed by atoms with Gasteiger partial charge < -0.3 is 14.7 Å². The maximum absolute atomic E-state index is 11.0. The minimum Gasteiger partial charge on any atom is -0.508 e. The number of phenolic OH excluding ortho intramolecular Hbond substituents is 1. The lowest BCUT2D eigenvalue weighted by Crippen LogP contribution is -2.37. The molecule has 0 atom stereocenters. The highest BCUT2D eigenvalue weighted by molar-refractivity contribution is 5.69. The summed E-state index contributed by atoms with van der Waals surface area (Å²) in [5.74, 6) is 1.98. The van der Waals surface area contributed by atoms with E-state index >= 15 is 0 Å². The maximum atomic E-state index is 11.0. The molecule has 3 aliphatic rings. The van der Waals surface area contributed by atoms with Crippen molar-refractivity contribution in [2.75, 3.05) is 25.1 Å². The van der Waals surface area contributed by atoms with Gasteiger partial charge in [0.05, 0.1) is 7.11 Å². The van der Waals surface area contributed by atoms with Crippen LogP contribution in [0, 0.1) is 5.92 Å². The van der Waals surface area contributed by atoms with E-state index in [2.05, 4.69) is 67.0 Å². The Morgan fingerprint density at radius 1 is 0.974 bits per heavy atom. The predicted octanol–water partition coefficient (Wildman–Crippen LogP) is 6.41. The van der Waals surface area contributed by atoms with E-state index in [-0.39, 0.29) is 5.41 Å². The third-order valence-electron chi connectivity index (χ3n) is 9.31. The van der Waals surface area contributed by atoms with Crippen LogP contribution in [0.4, 0.5) is 5.69 Å². The van der Waals surface area contributed by atoms with Gasteiger partial charge in [0.25, 0.3) is 0 Å². The Labute approximate surface area is 232 Å². The lowest BCUT2D eigenvalue weighted by molar-refractivity contribution is 0.299. The molecule has 2 fully saturated rings. The molecular weight excluding hydrogens is 478 g/mol. The van der Waals surface area contributed by atoms with Gasteiger partial charge >= 0.3 is 0 Å². The number of allylic oxidation sites excluding steroid dienone is 3. The zero-order chi connectivity index (χ0) is 27.0. The minimum atomic E-state index is -0.00801. The predicted molar refractivity (Wildman–Crippen MR) is 162 cm³/mol. The van der Waals surface area contributed by atoms with Crippen molar-refractivity contribution in [3.05, 3.63) is 112 Å². The van der Waals surface area contributed by atoms with Crippen LogP contribution in [0.1, 0.15) is 55.7 Å². The van der Waals surface area contributed by atoms with Gasteiger partial charge in [0.15, 0.2) is 0 Å². The number of benzene rings is 3. The normalized spacial score (nSPS) is 18.7. The number of fused-ring (bicyclic) bond motifs is 1. The van der Waals surface area contributed by atoms with Gasteiger partial charge in [-0.15, -0.1) is 0 Å².